The molecular weight excluding hydrogens is 266 g/mol. The molecule has 90 valence electrons. The van der Waals surface area contributed by atoms with Crippen molar-refractivity contribution < 1.29 is 8.42 Å². The summed E-state index contributed by atoms with van der Waals surface area (Å²) >= 11 is 0. The molecule has 0 aliphatic carbocycles. The fourth-order valence-electron chi connectivity index (χ4n) is 1.36. The molecular formula is C8H8ClN5O2S. The number of hydrogen-bond donors (Lipinski definition) is 0. The van der Waals surface area contributed by atoms with Crippen LogP contribution in [-0.2, 0) is 15.6 Å². The van der Waals surface area contributed by atoms with Crippen molar-refractivity contribution >= 4 is 19.7 Å². The molecule has 0 radical (unpaired) electrons. The Morgan fingerprint density at radius 3 is 2.65 bits per heavy atom. The molecule has 2 aromatic heterocycles. The molecule has 2 rings (SSSR count). The van der Waals surface area contributed by atoms with Crippen LogP contribution in [0.15, 0.2) is 23.7 Å². The summed E-state index contributed by atoms with van der Waals surface area (Å²) in [5, 5.41) is 7.04. The van der Waals surface area contributed by atoms with Gasteiger partial charge in [-0.3, -0.25) is 9.55 Å². The monoisotopic (exact) mass is 273 g/mol. The molecule has 0 aromatic carbocycles. The number of nitrogens with zero attached hydrogens (tertiary/aromatic N) is 5. The van der Waals surface area contributed by atoms with Crippen molar-refractivity contribution in [3.05, 3.63) is 18.6 Å². The van der Waals surface area contributed by atoms with E-state index in [0.29, 0.717) is 18.1 Å². The topological polar surface area (TPSA) is 90.6 Å². The Bertz CT molecular complexity index is 625. The maximum Gasteiger partial charge on any atom is 0.296 e. The molecule has 0 atom stereocenters. The summed E-state index contributed by atoms with van der Waals surface area (Å²) in [7, 11) is 1.34. The first-order valence-electron chi connectivity index (χ1n) is 4.68. The zero-order valence-corrected chi connectivity index (χ0v) is 10.4. The molecule has 0 fully saturated rings. The average molecular weight is 274 g/mol. The summed E-state index contributed by atoms with van der Waals surface area (Å²) in [5.74, 6) is 0.319. The molecule has 7 nitrogen and oxygen atoms in total. The number of rotatable bonds is 3. The van der Waals surface area contributed by atoms with Gasteiger partial charge in [-0.25, -0.2) is 13.4 Å². The van der Waals surface area contributed by atoms with Crippen molar-refractivity contribution in [2.24, 2.45) is 0 Å². The van der Waals surface area contributed by atoms with Crippen LogP contribution in [0.1, 0.15) is 6.92 Å². The summed E-state index contributed by atoms with van der Waals surface area (Å²) in [6, 6.07) is 0. The predicted octanol–water partition coefficient (Wildman–Crippen LogP) is 0.682. The smallest absolute Gasteiger partial charge is 0.296 e. The van der Waals surface area contributed by atoms with Gasteiger partial charge in [0.2, 0.25) is 0 Å². The van der Waals surface area contributed by atoms with Crippen molar-refractivity contribution in [2.75, 3.05) is 0 Å². The minimum atomic E-state index is -3.92. The Morgan fingerprint density at radius 2 is 2.12 bits per heavy atom. The van der Waals surface area contributed by atoms with Crippen molar-refractivity contribution in [2.45, 2.75) is 18.6 Å². The van der Waals surface area contributed by atoms with Crippen molar-refractivity contribution in [1.29, 1.82) is 0 Å². The third-order valence-electron chi connectivity index (χ3n) is 2.04. The number of aromatic nitrogens is 5. The quantitative estimate of drug-likeness (QED) is 0.764. The molecule has 2 heterocycles. The highest BCUT2D eigenvalue weighted by Gasteiger charge is 2.22. The normalized spacial score (nSPS) is 11.6. The van der Waals surface area contributed by atoms with E-state index in [1.807, 2.05) is 0 Å². The lowest BCUT2D eigenvalue weighted by atomic mass is 10.4. The molecule has 0 bridgehead atoms. The van der Waals surface area contributed by atoms with Gasteiger partial charge in [0, 0.05) is 29.6 Å². The molecule has 2 aromatic rings. The van der Waals surface area contributed by atoms with Crippen LogP contribution in [0.4, 0.5) is 0 Å². The van der Waals surface area contributed by atoms with Gasteiger partial charge in [0.05, 0.1) is 6.20 Å². The van der Waals surface area contributed by atoms with E-state index in [0.717, 1.165) is 0 Å². The highest BCUT2D eigenvalue weighted by molar-refractivity contribution is 8.13. The standard InChI is InChI=1S/C8H8ClN5O2S/c1-2-14-7(6-5-10-3-4-11-6)12-13-8(14)17(9,15)16/h3-5H,2H2,1H3. The van der Waals surface area contributed by atoms with E-state index in [9.17, 15) is 8.42 Å². The van der Waals surface area contributed by atoms with E-state index in [1.54, 1.807) is 6.92 Å². The first-order chi connectivity index (χ1) is 8.04. The van der Waals surface area contributed by atoms with Crippen LogP contribution >= 0.6 is 10.7 Å². The van der Waals surface area contributed by atoms with Crippen LogP contribution in [0.3, 0.4) is 0 Å². The van der Waals surface area contributed by atoms with Crippen LogP contribution < -0.4 is 0 Å². The fraction of sp³-hybridized carbons (Fsp3) is 0.250. The Kier molecular flexibility index (Phi) is 3.07. The summed E-state index contributed by atoms with van der Waals surface area (Å²) in [6.07, 6.45) is 4.47. The summed E-state index contributed by atoms with van der Waals surface area (Å²) in [4.78, 5) is 7.91. The van der Waals surface area contributed by atoms with E-state index in [1.165, 1.54) is 23.2 Å². The average Bonchev–Trinajstić information content (AvgIpc) is 2.73. The van der Waals surface area contributed by atoms with Crippen LogP contribution in [0.2, 0.25) is 0 Å². The highest BCUT2D eigenvalue weighted by atomic mass is 35.7. The molecule has 17 heavy (non-hydrogen) atoms. The third-order valence-corrected chi connectivity index (χ3v) is 3.20. The molecule has 9 heteroatoms. The first-order valence-corrected chi connectivity index (χ1v) is 6.99. The number of hydrogen-bond acceptors (Lipinski definition) is 6. The molecule has 0 saturated heterocycles. The van der Waals surface area contributed by atoms with Gasteiger partial charge >= 0.3 is 0 Å². The van der Waals surface area contributed by atoms with Gasteiger partial charge in [-0.15, -0.1) is 10.2 Å². The van der Waals surface area contributed by atoms with Gasteiger partial charge in [-0.1, -0.05) is 0 Å². The van der Waals surface area contributed by atoms with Crippen LogP contribution in [0.25, 0.3) is 11.5 Å². The van der Waals surface area contributed by atoms with Gasteiger partial charge in [-0.2, -0.15) is 0 Å². The molecule has 0 saturated carbocycles. The summed E-state index contributed by atoms with van der Waals surface area (Å²) in [6.45, 7) is 2.12. The van der Waals surface area contributed by atoms with E-state index in [-0.39, 0.29) is 5.16 Å². The first kappa shape index (κ1) is 11.9. The molecule has 0 N–H and O–H groups in total. The minimum Gasteiger partial charge on any atom is -0.296 e. The maximum atomic E-state index is 11.3. The highest BCUT2D eigenvalue weighted by Crippen LogP contribution is 2.19. The Balaban J connectivity index is 2.62. The lowest BCUT2D eigenvalue weighted by Crippen LogP contribution is -2.06. The van der Waals surface area contributed by atoms with Crippen molar-refractivity contribution in [3.63, 3.8) is 0 Å². The summed E-state index contributed by atoms with van der Waals surface area (Å²) in [5.41, 5.74) is 0.438. The predicted molar refractivity (Wildman–Crippen MR) is 59.8 cm³/mol. The van der Waals surface area contributed by atoms with Gasteiger partial charge in [0.1, 0.15) is 5.69 Å². The largest absolute Gasteiger partial charge is 0.296 e. The Morgan fingerprint density at radius 1 is 1.35 bits per heavy atom. The SMILES string of the molecule is CCn1c(-c2cnccn2)nnc1S(=O)(=O)Cl. The lowest BCUT2D eigenvalue weighted by Gasteiger charge is -2.03. The zero-order valence-electron chi connectivity index (χ0n) is 8.78. The molecule has 0 aliphatic heterocycles. The van der Waals surface area contributed by atoms with E-state index in [2.05, 4.69) is 20.2 Å². The zero-order chi connectivity index (χ0) is 12.5. The molecule has 0 amide bonds. The third kappa shape index (κ3) is 2.27. The molecule has 0 unspecified atom stereocenters. The van der Waals surface area contributed by atoms with Crippen molar-refractivity contribution in [3.8, 4) is 11.5 Å². The van der Waals surface area contributed by atoms with Crippen LogP contribution in [-0.4, -0.2) is 33.2 Å². The van der Waals surface area contributed by atoms with Crippen LogP contribution in [0, 0.1) is 0 Å². The minimum absolute atomic E-state index is 0.290. The van der Waals surface area contributed by atoms with Crippen molar-refractivity contribution in [1.82, 2.24) is 24.7 Å². The maximum absolute atomic E-state index is 11.3. The second-order valence-corrected chi connectivity index (χ2v) is 5.54. The molecule has 0 aliphatic rings. The van der Waals surface area contributed by atoms with E-state index >= 15 is 0 Å². The van der Waals surface area contributed by atoms with Gasteiger partial charge < -0.3 is 0 Å². The van der Waals surface area contributed by atoms with Crippen LogP contribution in [0.5, 0.6) is 0 Å². The number of halogens is 1. The second kappa shape index (κ2) is 4.38. The van der Waals surface area contributed by atoms with Gasteiger partial charge in [0.25, 0.3) is 14.2 Å². The van der Waals surface area contributed by atoms with Gasteiger partial charge in [0.15, 0.2) is 5.82 Å². The Labute approximate surface area is 102 Å². The summed E-state index contributed by atoms with van der Waals surface area (Å²) < 4.78 is 23.9. The van der Waals surface area contributed by atoms with Gasteiger partial charge in [-0.05, 0) is 6.92 Å². The Hall–Kier alpha value is -1.54. The lowest BCUT2D eigenvalue weighted by molar-refractivity contribution is 0.582. The van der Waals surface area contributed by atoms with E-state index < -0.39 is 9.05 Å². The van der Waals surface area contributed by atoms with E-state index in [4.69, 9.17) is 10.7 Å². The molecule has 0 spiro atoms. The fourth-order valence-corrected chi connectivity index (χ4v) is 2.32. The second-order valence-electron chi connectivity index (χ2n) is 3.08.